The molecule has 0 saturated carbocycles. The van der Waals surface area contributed by atoms with Crippen LogP contribution in [0.1, 0.15) is 39.7 Å². The molecule has 0 radical (unpaired) electrons. The van der Waals surface area contributed by atoms with Crippen LogP contribution in [0.15, 0.2) is 54.7 Å². The fourth-order valence-electron chi connectivity index (χ4n) is 4.71. The minimum atomic E-state index is -1.56. The molecule has 2 aromatic carbocycles. The van der Waals surface area contributed by atoms with E-state index in [2.05, 4.69) is 31.6 Å². The number of aromatic nitrogens is 1. The molecular formula is C31H37N7O9. The summed E-state index contributed by atoms with van der Waals surface area (Å²) in [7, 11) is 0. The summed E-state index contributed by atoms with van der Waals surface area (Å²) in [6.45, 7) is 5.93. The third kappa shape index (κ3) is 10.1. The number of H-pyrrole nitrogens is 1. The summed E-state index contributed by atoms with van der Waals surface area (Å²) in [5, 5.41) is 33.5. The number of para-hydroxylation sites is 1. The predicted molar refractivity (Wildman–Crippen MR) is 170 cm³/mol. The van der Waals surface area contributed by atoms with Crippen LogP contribution >= 0.6 is 0 Å². The maximum atomic E-state index is 13.4. The summed E-state index contributed by atoms with van der Waals surface area (Å²) in [5.74, 6) is -5.43. The SMILES string of the molecule is CC(=O)N[C@@H](Cc1c[nH]c2ccccc12)C(=O)N[C@H](C(=O)N[C@@H](C)C(=O)N[C@@H](CC(=O)O)C(=O)Nc1ccc([N+](=O)[O-])cc1)C(C)C. The Labute approximate surface area is 269 Å². The molecule has 0 aliphatic rings. The Hall–Kier alpha value is -5.80. The molecule has 0 unspecified atom stereocenters. The van der Waals surface area contributed by atoms with E-state index in [-0.39, 0.29) is 17.8 Å². The minimum absolute atomic E-state index is 0.129. The molecule has 0 fully saturated rings. The summed E-state index contributed by atoms with van der Waals surface area (Å²) >= 11 is 0. The monoisotopic (exact) mass is 651 g/mol. The van der Waals surface area contributed by atoms with Crippen molar-refractivity contribution >= 4 is 57.8 Å². The van der Waals surface area contributed by atoms with Crippen LogP contribution in [0, 0.1) is 16.0 Å². The quantitative estimate of drug-likeness (QED) is 0.0926. The molecule has 16 heteroatoms. The number of carbonyl (C=O) groups is 6. The number of fused-ring (bicyclic) bond motifs is 1. The van der Waals surface area contributed by atoms with Gasteiger partial charge in [0, 0.05) is 48.3 Å². The molecule has 1 heterocycles. The lowest BCUT2D eigenvalue weighted by atomic mass is 10.0. The van der Waals surface area contributed by atoms with E-state index in [0.717, 1.165) is 28.6 Å². The van der Waals surface area contributed by atoms with Gasteiger partial charge >= 0.3 is 5.97 Å². The van der Waals surface area contributed by atoms with Gasteiger partial charge in [-0.25, -0.2) is 0 Å². The van der Waals surface area contributed by atoms with Crippen LogP contribution in [-0.2, 0) is 35.2 Å². The van der Waals surface area contributed by atoms with Crippen molar-refractivity contribution in [2.75, 3.05) is 5.32 Å². The molecule has 3 rings (SSSR count). The molecule has 16 nitrogen and oxygen atoms in total. The Balaban J connectivity index is 1.67. The van der Waals surface area contributed by atoms with Crippen LogP contribution in [0.2, 0.25) is 0 Å². The Morgan fingerprint density at radius 1 is 0.830 bits per heavy atom. The van der Waals surface area contributed by atoms with E-state index in [9.17, 15) is 44.0 Å². The second-order valence-electron chi connectivity index (χ2n) is 11.2. The zero-order valence-electron chi connectivity index (χ0n) is 26.2. The summed E-state index contributed by atoms with van der Waals surface area (Å²) in [6, 6.07) is 7.26. The summed E-state index contributed by atoms with van der Waals surface area (Å²) in [6.07, 6.45) is 1.08. The Bertz CT molecular complexity index is 1650. The zero-order chi connectivity index (χ0) is 34.8. The smallest absolute Gasteiger partial charge is 0.305 e. The number of aromatic amines is 1. The number of hydrogen-bond acceptors (Lipinski definition) is 8. The fourth-order valence-corrected chi connectivity index (χ4v) is 4.71. The first kappa shape index (κ1) is 35.7. The number of carboxylic acids is 1. The Morgan fingerprint density at radius 3 is 2.09 bits per heavy atom. The standard InChI is InChI=1S/C31H37N7O9/c1-16(2)27(37-30(44)24(34-18(4)39)13-19-15-32-23-8-6-5-7-22(19)23)31(45)33-17(3)28(42)36-25(14-26(40)41)29(43)35-20-9-11-21(12-10-20)38(46)47/h5-12,15-17,24-25,27,32H,13-14H2,1-4H3,(H,33,45)(H,34,39)(H,35,43)(H,36,42)(H,37,44)(H,40,41)/t17-,24-,25-,27-/m0/s1. The van der Waals surface area contributed by atoms with E-state index < -0.39 is 76.9 Å². The second-order valence-corrected chi connectivity index (χ2v) is 11.2. The highest BCUT2D eigenvalue weighted by Gasteiger charge is 2.32. The number of nitro groups is 1. The predicted octanol–water partition coefficient (Wildman–Crippen LogP) is 1.37. The van der Waals surface area contributed by atoms with Crippen molar-refractivity contribution in [1.29, 1.82) is 0 Å². The van der Waals surface area contributed by atoms with Crippen molar-refractivity contribution in [3.8, 4) is 0 Å². The largest absolute Gasteiger partial charge is 0.481 e. The number of anilines is 1. The van der Waals surface area contributed by atoms with Crippen LogP contribution in [-0.4, -0.2) is 74.7 Å². The molecule has 7 N–H and O–H groups in total. The summed E-state index contributed by atoms with van der Waals surface area (Å²) < 4.78 is 0. The van der Waals surface area contributed by atoms with Gasteiger partial charge in [0.1, 0.15) is 24.2 Å². The van der Waals surface area contributed by atoms with Gasteiger partial charge in [-0.1, -0.05) is 32.0 Å². The number of nitro benzene ring substituents is 1. The molecule has 0 saturated heterocycles. The number of nitrogens with zero attached hydrogens (tertiary/aromatic N) is 1. The Morgan fingerprint density at radius 2 is 1.49 bits per heavy atom. The molecule has 1 aromatic heterocycles. The van der Waals surface area contributed by atoms with Gasteiger partial charge < -0.3 is 36.7 Å². The molecule has 250 valence electrons. The highest BCUT2D eigenvalue weighted by atomic mass is 16.6. The van der Waals surface area contributed by atoms with Crippen LogP contribution in [0.5, 0.6) is 0 Å². The van der Waals surface area contributed by atoms with E-state index in [1.165, 1.54) is 26.0 Å². The lowest BCUT2D eigenvalue weighted by Gasteiger charge is -2.27. The van der Waals surface area contributed by atoms with Crippen molar-refractivity contribution < 1.29 is 38.8 Å². The van der Waals surface area contributed by atoms with Gasteiger partial charge in [-0.3, -0.25) is 38.9 Å². The Kier molecular flexibility index (Phi) is 12.1. The first-order chi connectivity index (χ1) is 22.2. The van der Waals surface area contributed by atoms with Crippen LogP contribution in [0.4, 0.5) is 11.4 Å². The normalized spacial score (nSPS) is 13.5. The van der Waals surface area contributed by atoms with Crippen LogP contribution < -0.4 is 26.6 Å². The molecule has 0 spiro atoms. The molecule has 4 atom stereocenters. The van der Waals surface area contributed by atoms with Crippen molar-refractivity contribution in [1.82, 2.24) is 26.3 Å². The molecule has 47 heavy (non-hydrogen) atoms. The molecule has 0 bridgehead atoms. The third-order valence-electron chi connectivity index (χ3n) is 7.15. The third-order valence-corrected chi connectivity index (χ3v) is 7.15. The number of hydrogen-bond donors (Lipinski definition) is 7. The average Bonchev–Trinajstić information content (AvgIpc) is 3.41. The van der Waals surface area contributed by atoms with Gasteiger partial charge in [-0.2, -0.15) is 0 Å². The first-order valence-corrected chi connectivity index (χ1v) is 14.7. The van der Waals surface area contributed by atoms with E-state index in [1.54, 1.807) is 20.0 Å². The lowest BCUT2D eigenvalue weighted by molar-refractivity contribution is -0.384. The van der Waals surface area contributed by atoms with Crippen LogP contribution in [0.25, 0.3) is 10.9 Å². The van der Waals surface area contributed by atoms with Crippen molar-refractivity contribution in [3.05, 3.63) is 70.4 Å². The van der Waals surface area contributed by atoms with Crippen molar-refractivity contribution in [2.24, 2.45) is 5.92 Å². The van der Waals surface area contributed by atoms with Gasteiger partial charge in [-0.05, 0) is 36.6 Å². The average molecular weight is 652 g/mol. The van der Waals surface area contributed by atoms with Gasteiger partial charge in [0.25, 0.3) is 5.69 Å². The fraction of sp³-hybridized carbons (Fsp3) is 0.355. The topological polar surface area (TPSA) is 242 Å². The van der Waals surface area contributed by atoms with Gasteiger partial charge in [-0.15, -0.1) is 0 Å². The van der Waals surface area contributed by atoms with Gasteiger partial charge in [0.05, 0.1) is 11.3 Å². The van der Waals surface area contributed by atoms with Crippen molar-refractivity contribution in [2.45, 2.75) is 64.7 Å². The number of nitrogens with one attached hydrogen (secondary N) is 6. The number of amides is 5. The highest BCUT2D eigenvalue weighted by Crippen LogP contribution is 2.20. The number of rotatable bonds is 15. The van der Waals surface area contributed by atoms with E-state index >= 15 is 0 Å². The molecule has 3 aromatic rings. The summed E-state index contributed by atoms with van der Waals surface area (Å²) in [5.41, 5.74) is 1.53. The van der Waals surface area contributed by atoms with E-state index in [1.807, 2.05) is 24.3 Å². The summed E-state index contributed by atoms with van der Waals surface area (Å²) in [4.78, 5) is 89.1. The number of benzene rings is 2. The van der Waals surface area contributed by atoms with Gasteiger partial charge in [0.15, 0.2) is 0 Å². The molecular weight excluding hydrogens is 614 g/mol. The number of carboxylic acid groups (broad SMARTS) is 1. The second kappa shape index (κ2) is 16.0. The lowest BCUT2D eigenvalue weighted by Crippen LogP contribution is -2.58. The van der Waals surface area contributed by atoms with Crippen molar-refractivity contribution in [3.63, 3.8) is 0 Å². The maximum Gasteiger partial charge on any atom is 0.305 e. The zero-order valence-corrected chi connectivity index (χ0v) is 26.2. The maximum absolute atomic E-state index is 13.4. The molecule has 0 aliphatic carbocycles. The first-order valence-electron chi connectivity index (χ1n) is 14.7. The molecule has 5 amide bonds. The van der Waals surface area contributed by atoms with Gasteiger partial charge in [0.2, 0.25) is 29.5 Å². The van der Waals surface area contributed by atoms with E-state index in [0.29, 0.717) is 0 Å². The highest BCUT2D eigenvalue weighted by molar-refractivity contribution is 6.00. The molecule has 0 aliphatic heterocycles. The van der Waals surface area contributed by atoms with E-state index in [4.69, 9.17) is 0 Å². The minimum Gasteiger partial charge on any atom is -0.481 e. The number of aliphatic carboxylic acids is 1. The van der Waals surface area contributed by atoms with Crippen LogP contribution in [0.3, 0.4) is 0 Å². The number of carbonyl (C=O) groups excluding carboxylic acids is 5. The number of non-ortho nitro benzene ring substituents is 1.